The summed E-state index contributed by atoms with van der Waals surface area (Å²) in [5, 5.41) is 6.38. The maximum absolute atomic E-state index is 12.1. The summed E-state index contributed by atoms with van der Waals surface area (Å²) < 4.78 is 5.39. The van der Waals surface area contributed by atoms with Crippen LogP contribution in [-0.2, 0) is 9.53 Å². The first-order chi connectivity index (χ1) is 12.8. The second-order valence-electron chi connectivity index (χ2n) is 6.82. The Morgan fingerprint density at radius 2 is 1.88 bits per heavy atom. The molecule has 5 heteroatoms. The van der Waals surface area contributed by atoms with Crippen molar-refractivity contribution in [2.45, 2.75) is 18.8 Å². The number of aliphatic imine (C=N–C) groups is 1. The number of hydrogen-bond acceptors (Lipinski definition) is 4. The van der Waals surface area contributed by atoms with E-state index in [1.165, 1.54) is 0 Å². The fraction of sp³-hybridized carbons (Fsp3) is 0.333. The molecule has 2 N–H and O–H groups in total. The van der Waals surface area contributed by atoms with Crippen molar-refractivity contribution in [3.63, 3.8) is 0 Å². The van der Waals surface area contributed by atoms with Crippen LogP contribution in [0.1, 0.15) is 24.3 Å². The second-order valence-corrected chi connectivity index (χ2v) is 6.82. The van der Waals surface area contributed by atoms with Crippen LogP contribution in [0.15, 0.2) is 53.5 Å². The highest BCUT2D eigenvalue weighted by atomic mass is 16.5. The first kappa shape index (κ1) is 16.8. The van der Waals surface area contributed by atoms with Crippen LogP contribution in [0, 0.1) is 5.92 Å². The van der Waals surface area contributed by atoms with E-state index in [1.807, 2.05) is 48.5 Å². The molecule has 0 aliphatic carbocycles. The predicted molar refractivity (Wildman–Crippen MR) is 104 cm³/mol. The molecule has 134 valence electrons. The van der Waals surface area contributed by atoms with E-state index in [0.717, 1.165) is 55.2 Å². The lowest BCUT2D eigenvalue weighted by Gasteiger charge is -2.22. The van der Waals surface area contributed by atoms with Crippen LogP contribution in [0.3, 0.4) is 0 Å². The predicted octanol–water partition coefficient (Wildman–Crippen LogP) is 3.96. The molecule has 0 aromatic heterocycles. The average Bonchev–Trinajstić information content (AvgIpc) is 3.01. The molecule has 0 spiro atoms. The van der Waals surface area contributed by atoms with E-state index in [0.29, 0.717) is 5.92 Å². The summed E-state index contributed by atoms with van der Waals surface area (Å²) in [7, 11) is 0. The van der Waals surface area contributed by atoms with Crippen LogP contribution in [0.25, 0.3) is 0 Å². The molecule has 2 aromatic carbocycles. The van der Waals surface area contributed by atoms with Gasteiger partial charge in [0.2, 0.25) is 5.91 Å². The molecular formula is C21H23N3O2. The molecule has 1 unspecified atom stereocenters. The van der Waals surface area contributed by atoms with E-state index in [9.17, 15) is 4.79 Å². The van der Waals surface area contributed by atoms with Gasteiger partial charge < -0.3 is 15.4 Å². The van der Waals surface area contributed by atoms with Gasteiger partial charge >= 0.3 is 0 Å². The van der Waals surface area contributed by atoms with Crippen molar-refractivity contribution in [3.8, 4) is 0 Å². The van der Waals surface area contributed by atoms with Crippen molar-refractivity contribution in [1.82, 2.24) is 0 Å². The zero-order valence-electron chi connectivity index (χ0n) is 14.7. The third-order valence-electron chi connectivity index (χ3n) is 5.01. The van der Waals surface area contributed by atoms with Crippen molar-refractivity contribution in [3.05, 3.63) is 54.1 Å². The minimum Gasteiger partial charge on any atom is -0.385 e. The molecule has 2 heterocycles. The molecule has 0 radical (unpaired) electrons. The number of anilines is 2. The molecule has 2 aromatic rings. The lowest BCUT2D eigenvalue weighted by Crippen LogP contribution is -2.22. The Morgan fingerprint density at radius 1 is 1.12 bits per heavy atom. The Bertz CT molecular complexity index is 795. The van der Waals surface area contributed by atoms with Crippen LogP contribution in [-0.4, -0.2) is 31.9 Å². The lowest BCUT2D eigenvalue weighted by molar-refractivity contribution is -0.115. The van der Waals surface area contributed by atoms with Gasteiger partial charge in [0, 0.05) is 37.3 Å². The molecule has 1 atom stereocenters. The van der Waals surface area contributed by atoms with Gasteiger partial charge in [0.05, 0.1) is 5.69 Å². The molecule has 26 heavy (non-hydrogen) atoms. The Balaban J connectivity index is 1.37. The van der Waals surface area contributed by atoms with E-state index in [2.05, 4.69) is 15.6 Å². The summed E-state index contributed by atoms with van der Waals surface area (Å²) in [6.45, 7) is 2.72. The van der Waals surface area contributed by atoms with Crippen LogP contribution < -0.4 is 10.6 Å². The van der Waals surface area contributed by atoms with E-state index in [1.54, 1.807) is 6.21 Å². The minimum absolute atomic E-state index is 0.0234. The Kier molecular flexibility index (Phi) is 4.97. The number of nitrogens with zero attached hydrogens (tertiary/aromatic N) is 1. The summed E-state index contributed by atoms with van der Waals surface area (Å²) >= 11 is 0. The number of fused-ring (bicyclic) bond motifs is 1. The number of carbonyl (C=O) groups excluding carboxylic acids is 1. The molecular weight excluding hydrogens is 326 g/mol. The molecule has 5 nitrogen and oxygen atoms in total. The van der Waals surface area contributed by atoms with Crippen molar-refractivity contribution in [2.24, 2.45) is 10.9 Å². The summed E-state index contributed by atoms with van der Waals surface area (Å²) in [4.78, 5) is 16.6. The topological polar surface area (TPSA) is 62.7 Å². The zero-order chi connectivity index (χ0) is 17.8. The highest BCUT2D eigenvalue weighted by Crippen LogP contribution is 2.31. The van der Waals surface area contributed by atoms with Gasteiger partial charge in [-0.05, 0) is 54.7 Å². The maximum atomic E-state index is 12.1. The molecule has 0 saturated carbocycles. The normalized spacial score (nSPS) is 20.2. The van der Waals surface area contributed by atoms with Gasteiger partial charge in [-0.25, -0.2) is 0 Å². The molecule has 2 aliphatic heterocycles. The molecule has 4 rings (SSSR count). The third-order valence-corrected chi connectivity index (χ3v) is 5.01. The molecule has 1 amide bonds. The fourth-order valence-corrected chi connectivity index (χ4v) is 3.42. The van der Waals surface area contributed by atoms with E-state index < -0.39 is 0 Å². The highest BCUT2D eigenvalue weighted by Gasteiger charge is 2.28. The number of para-hydroxylation sites is 1. The van der Waals surface area contributed by atoms with Crippen LogP contribution in [0.4, 0.5) is 17.1 Å². The number of carbonyl (C=O) groups is 1. The summed E-state index contributed by atoms with van der Waals surface area (Å²) in [5.41, 5.74) is 3.80. The number of benzene rings is 2. The molecule has 2 aliphatic rings. The summed E-state index contributed by atoms with van der Waals surface area (Å²) in [5.74, 6) is 0.338. The van der Waals surface area contributed by atoms with Gasteiger partial charge in [0.1, 0.15) is 5.92 Å². The standard InChI is InChI=1S/C21H23N3O2/c25-21-19(18-3-1-2-4-20(18)24-21)14-23-17-7-5-16(6-8-17)22-13-15-9-11-26-12-10-15/h1-8,14-15,19,22H,9-13H2,(H,24,25). The Morgan fingerprint density at radius 3 is 2.69 bits per heavy atom. The first-order valence-electron chi connectivity index (χ1n) is 9.15. The number of hydrogen-bond donors (Lipinski definition) is 2. The van der Waals surface area contributed by atoms with Crippen LogP contribution in [0.2, 0.25) is 0 Å². The fourth-order valence-electron chi connectivity index (χ4n) is 3.42. The van der Waals surface area contributed by atoms with Crippen molar-refractivity contribution >= 4 is 29.2 Å². The second kappa shape index (κ2) is 7.70. The van der Waals surface area contributed by atoms with E-state index in [-0.39, 0.29) is 11.8 Å². The van der Waals surface area contributed by atoms with Gasteiger partial charge in [-0.1, -0.05) is 18.2 Å². The Labute approximate surface area is 153 Å². The van der Waals surface area contributed by atoms with E-state index in [4.69, 9.17) is 4.74 Å². The number of rotatable bonds is 5. The van der Waals surface area contributed by atoms with Crippen molar-refractivity contribution in [1.29, 1.82) is 0 Å². The number of amides is 1. The monoisotopic (exact) mass is 349 g/mol. The first-order valence-corrected chi connectivity index (χ1v) is 9.15. The number of ether oxygens (including phenoxy) is 1. The van der Waals surface area contributed by atoms with Gasteiger partial charge in [-0.3, -0.25) is 9.79 Å². The molecule has 1 saturated heterocycles. The third kappa shape index (κ3) is 3.78. The zero-order valence-corrected chi connectivity index (χ0v) is 14.7. The van der Waals surface area contributed by atoms with Gasteiger partial charge in [0.15, 0.2) is 0 Å². The van der Waals surface area contributed by atoms with Gasteiger partial charge in [-0.15, -0.1) is 0 Å². The summed E-state index contributed by atoms with van der Waals surface area (Å²) in [6, 6.07) is 15.8. The van der Waals surface area contributed by atoms with Crippen molar-refractivity contribution < 1.29 is 9.53 Å². The SMILES string of the molecule is O=C1Nc2ccccc2C1C=Nc1ccc(NCC2CCOCC2)cc1. The largest absolute Gasteiger partial charge is 0.385 e. The maximum Gasteiger partial charge on any atom is 0.237 e. The van der Waals surface area contributed by atoms with Crippen LogP contribution in [0.5, 0.6) is 0 Å². The average molecular weight is 349 g/mol. The molecule has 0 bridgehead atoms. The van der Waals surface area contributed by atoms with Crippen molar-refractivity contribution in [2.75, 3.05) is 30.4 Å². The minimum atomic E-state index is -0.322. The number of nitrogens with one attached hydrogen (secondary N) is 2. The Hall–Kier alpha value is -2.66. The van der Waals surface area contributed by atoms with E-state index >= 15 is 0 Å². The van der Waals surface area contributed by atoms with Crippen LogP contribution >= 0.6 is 0 Å². The smallest absolute Gasteiger partial charge is 0.237 e. The summed E-state index contributed by atoms with van der Waals surface area (Å²) in [6.07, 6.45) is 3.98. The van der Waals surface area contributed by atoms with Gasteiger partial charge in [0.25, 0.3) is 0 Å². The molecule has 1 fully saturated rings. The quantitative estimate of drug-likeness (QED) is 0.803. The van der Waals surface area contributed by atoms with Gasteiger partial charge in [-0.2, -0.15) is 0 Å². The lowest BCUT2D eigenvalue weighted by atomic mass is 10.0. The highest BCUT2D eigenvalue weighted by molar-refractivity contribution is 6.12.